The Kier molecular flexibility index (Phi) is 2.37. The first kappa shape index (κ1) is 10.4. The van der Waals surface area contributed by atoms with Crippen LogP contribution in [-0.2, 0) is 6.54 Å². The molecule has 2 heterocycles. The van der Waals surface area contributed by atoms with Gasteiger partial charge in [-0.3, -0.25) is 0 Å². The quantitative estimate of drug-likeness (QED) is 0.733. The number of hydrogen-bond acceptors (Lipinski definition) is 1. The minimum atomic E-state index is 0.560. The summed E-state index contributed by atoms with van der Waals surface area (Å²) < 4.78 is 2.39. The summed E-state index contributed by atoms with van der Waals surface area (Å²) >= 11 is 6.48. The standard InChI is InChI=1S/C13H17ClN2/c1-8-3-4-10-7-15-5-6-16-9(2)12(14)11(8)13(10)16/h4,8,15H,3,5-7H2,1-2H3. The lowest BCUT2D eigenvalue weighted by molar-refractivity contribution is 0.637. The van der Waals surface area contributed by atoms with Crippen molar-refractivity contribution in [1.29, 1.82) is 0 Å². The fraction of sp³-hybridized carbons (Fsp3) is 0.538. The average molecular weight is 237 g/mol. The molecule has 1 aromatic rings. The van der Waals surface area contributed by atoms with Crippen LogP contribution < -0.4 is 5.32 Å². The van der Waals surface area contributed by atoms with Crippen molar-refractivity contribution < 1.29 is 0 Å². The topological polar surface area (TPSA) is 17.0 Å². The van der Waals surface area contributed by atoms with E-state index in [9.17, 15) is 0 Å². The number of hydrogen-bond donors (Lipinski definition) is 1. The van der Waals surface area contributed by atoms with Crippen LogP contribution in [0.5, 0.6) is 0 Å². The maximum atomic E-state index is 6.48. The summed E-state index contributed by atoms with van der Waals surface area (Å²) in [5, 5.41) is 4.47. The van der Waals surface area contributed by atoms with Crippen LogP contribution in [0.3, 0.4) is 0 Å². The molecule has 0 spiro atoms. The van der Waals surface area contributed by atoms with E-state index in [1.165, 1.54) is 22.5 Å². The largest absolute Gasteiger partial charge is 0.342 e. The van der Waals surface area contributed by atoms with E-state index in [1.54, 1.807) is 0 Å². The number of halogens is 1. The third kappa shape index (κ3) is 1.30. The second-order valence-electron chi connectivity index (χ2n) is 4.86. The van der Waals surface area contributed by atoms with Crippen molar-refractivity contribution in [2.75, 3.05) is 13.1 Å². The zero-order chi connectivity index (χ0) is 11.3. The maximum Gasteiger partial charge on any atom is 0.0653 e. The Balaban J connectivity index is 2.29. The van der Waals surface area contributed by atoms with Crippen molar-refractivity contribution in [3.05, 3.63) is 28.0 Å². The molecule has 1 aliphatic heterocycles. The lowest BCUT2D eigenvalue weighted by atomic mass is 9.88. The van der Waals surface area contributed by atoms with Gasteiger partial charge in [0.15, 0.2) is 0 Å². The Hall–Kier alpha value is -0.730. The van der Waals surface area contributed by atoms with Crippen LogP contribution in [-0.4, -0.2) is 17.7 Å². The van der Waals surface area contributed by atoms with Gasteiger partial charge in [0.1, 0.15) is 0 Å². The molecule has 0 saturated heterocycles. The summed E-state index contributed by atoms with van der Waals surface area (Å²) in [6.45, 7) is 7.46. The van der Waals surface area contributed by atoms with Crippen molar-refractivity contribution >= 4 is 17.2 Å². The highest BCUT2D eigenvalue weighted by atomic mass is 35.5. The predicted molar refractivity (Wildman–Crippen MR) is 68.1 cm³/mol. The number of nitrogens with zero attached hydrogens (tertiary/aromatic N) is 1. The van der Waals surface area contributed by atoms with Gasteiger partial charge >= 0.3 is 0 Å². The van der Waals surface area contributed by atoms with Gasteiger partial charge in [-0.15, -0.1) is 0 Å². The van der Waals surface area contributed by atoms with Gasteiger partial charge in [0, 0.05) is 25.3 Å². The fourth-order valence-corrected chi connectivity index (χ4v) is 3.29. The first-order chi connectivity index (χ1) is 7.70. The Morgan fingerprint density at radius 1 is 1.50 bits per heavy atom. The average Bonchev–Trinajstić information content (AvgIpc) is 2.46. The summed E-state index contributed by atoms with van der Waals surface area (Å²) in [4.78, 5) is 0. The molecule has 2 aliphatic rings. The molecule has 0 radical (unpaired) electrons. The molecule has 1 N–H and O–H groups in total. The fourth-order valence-electron chi connectivity index (χ4n) is 2.91. The van der Waals surface area contributed by atoms with E-state index in [0.29, 0.717) is 5.92 Å². The molecule has 0 aromatic carbocycles. The number of nitrogens with one attached hydrogen (secondary N) is 1. The Morgan fingerprint density at radius 3 is 3.12 bits per heavy atom. The predicted octanol–water partition coefficient (Wildman–Crippen LogP) is 2.94. The van der Waals surface area contributed by atoms with Crippen molar-refractivity contribution in [2.24, 2.45) is 0 Å². The monoisotopic (exact) mass is 236 g/mol. The van der Waals surface area contributed by atoms with Gasteiger partial charge in [-0.1, -0.05) is 24.6 Å². The van der Waals surface area contributed by atoms with Crippen LogP contribution in [0.15, 0.2) is 6.08 Å². The zero-order valence-corrected chi connectivity index (χ0v) is 10.6. The lowest BCUT2D eigenvalue weighted by Crippen LogP contribution is -2.18. The van der Waals surface area contributed by atoms with Crippen LogP contribution in [0.4, 0.5) is 0 Å². The molecule has 1 unspecified atom stereocenters. The van der Waals surface area contributed by atoms with Crippen LogP contribution in [0.2, 0.25) is 5.02 Å². The molecular weight excluding hydrogens is 220 g/mol. The van der Waals surface area contributed by atoms with Gasteiger partial charge < -0.3 is 9.88 Å². The van der Waals surface area contributed by atoms with Gasteiger partial charge in [0.05, 0.1) is 10.7 Å². The van der Waals surface area contributed by atoms with Crippen molar-refractivity contribution in [2.45, 2.75) is 32.7 Å². The van der Waals surface area contributed by atoms with Crippen LogP contribution in [0, 0.1) is 6.92 Å². The van der Waals surface area contributed by atoms with Gasteiger partial charge in [-0.25, -0.2) is 0 Å². The van der Waals surface area contributed by atoms with E-state index in [2.05, 4.69) is 29.8 Å². The van der Waals surface area contributed by atoms with E-state index in [4.69, 9.17) is 11.6 Å². The van der Waals surface area contributed by atoms with Gasteiger partial charge in [-0.05, 0) is 30.4 Å². The minimum absolute atomic E-state index is 0.560. The third-order valence-corrected chi connectivity index (χ3v) is 4.30. The number of rotatable bonds is 0. The normalized spacial score (nSPS) is 23.7. The van der Waals surface area contributed by atoms with E-state index in [0.717, 1.165) is 31.1 Å². The first-order valence-electron chi connectivity index (χ1n) is 5.98. The van der Waals surface area contributed by atoms with E-state index in [1.807, 2.05) is 0 Å². The van der Waals surface area contributed by atoms with E-state index >= 15 is 0 Å². The SMILES string of the molecule is Cc1c(Cl)c2c3n1CCNCC3=CCC2C. The van der Waals surface area contributed by atoms with Gasteiger partial charge in [0.2, 0.25) is 0 Å². The Morgan fingerprint density at radius 2 is 2.31 bits per heavy atom. The lowest BCUT2D eigenvalue weighted by Gasteiger charge is -2.20. The van der Waals surface area contributed by atoms with Crippen molar-refractivity contribution in [1.82, 2.24) is 9.88 Å². The summed E-state index contributed by atoms with van der Waals surface area (Å²) in [6.07, 6.45) is 3.49. The molecule has 0 fully saturated rings. The second kappa shape index (κ2) is 3.64. The molecule has 0 saturated carbocycles. The summed E-state index contributed by atoms with van der Waals surface area (Å²) in [6, 6.07) is 0. The number of allylic oxidation sites excluding steroid dienone is 1. The molecule has 1 aliphatic carbocycles. The zero-order valence-electron chi connectivity index (χ0n) is 9.81. The summed E-state index contributed by atoms with van der Waals surface area (Å²) in [5.74, 6) is 0.560. The maximum absolute atomic E-state index is 6.48. The smallest absolute Gasteiger partial charge is 0.0653 e. The molecule has 0 amide bonds. The highest BCUT2D eigenvalue weighted by Gasteiger charge is 2.28. The van der Waals surface area contributed by atoms with Gasteiger partial charge in [-0.2, -0.15) is 0 Å². The molecule has 3 heteroatoms. The van der Waals surface area contributed by atoms with Gasteiger partial charge in [0.25, 0.3) is 0 Å². The highest BCUT2D eigenvalue weighted by molar-refractivity contribution is 6.32. The molecule has 2 nitrogen and oxygen atoms in total. The second-order valence-corrected chi connectivity index (χ2v) is 5.23. The Bertz CT molecular complexity index is 471. The van der Waals surface area contributed by atoms with Crippen molar-refractivity contribution in [3.8, 4) is 0 Å². The molecule has 16 heavy (non-hydrogen) atoms. The minimum Gasteiger partial charge on any atom is -0.342 e. The van der Waals surface area contributed by atoms with Crippen LogP contribution >= 0.6 is 11.6 Å². The third-order valence-electron chi connectivity index (χ3n) is 3.83. The molecule has 3 rings (SSSR count). The first-order valence-corrected chi connectivity index (χ1v) is 6.36. The van der Waals surface area contributed by atoms with E-state index < -0.39 is 0 Å². The molecule has 1 atom stereocenters. The van der Waals surface area contributed by atoms with E-state index in [-0.39, 0.29) is 0 Å². The van der Waals surface area contributed by atoms with Crippen molar-refractivity contribution in [3.63, 3.8) is 0 Å². The molecule has 0 bridgehead atoms. The van der Waals surface area contributed by atoms with Crippen LogP contribution in [0.25, 0.3) is 5.57 Å². The summed E-state index contributed by atoms with van der Waals surface area (Å²) in [7, 11) is 0. The summed E-state index contributed by atoms with van der Waals surface area (Å²) in [5.41, 5.74) is 5.43. The molecule has 86 valence electrons. The molecule has 1 aromatic heterocycles. The Labute approximate surface area is 101 Å². The molecular formula is C13H17ClN2. The number of aromatic nitrogens is 1. The van der Waals surface area contributed by atoms with Crippen LogP contribution in [0.1, 0.15) is 36.2 Å². The highest BCUT2D eigenvalue weighted by Crippen LogP contribution is 2.42.